The lowest BCUT2D eigenvalue weighted by atomic mass is 10.3. The summed E-state index contributed by atoms with van der Waals surface area (Å²) in [4.78, 5) is 10.6. The van der Waals surface area contributed by atoms with E-state index in [9.17, 15) is 4.79 Å². The molecule has 0 aromatic rings. The molecule has 1 aliphatic heterocycles. The molecule has 0 aromatic carbocycles. The molecule has 1 rings (SSSR count). The van der Waals surface area contributed by atoms with E-state index in [1.807, 2.05) is 0 Å². The summed E-state index contributed by atoms with van der Waals surface area (Å²) in [5.74, 6) is 0. The quantitative estimate of drug-likeness (QED) is 0.472. The Balaban J connectivity index is 2.13. The van der Waals surface area contributed by atoms with Crippen LogP contribution in [0.5, 0.6) is 0 Å². The van der Waals surface area contributed by atoms with Gasteiger partial charge in [-0.2, -0.15) is 0 Å². The number of halogens is 1. The Kier molecular flexibility index (Phi) is 3.45. The van der Waals surface area contributed by atoms with Crippen LogP contribution < -0.4 is 0 Å². The van der Waals surface area contributed by atoms with Crippen LogP contribution in [0.15, 0.2) is 0 Å². The molecule has 1 heterocycles. The van der Waals surface area contributed by atoms with Crippen molar-refractivity contribution < 1.29 is 19.0 Å². The van der Waals surface area contributed by atoms with Crippen LogP contribution in [-0.4, -0.2) is 31.5 Å². The average Bonchev–Trinajstić information content (AvgIpc) is 2.40. The van der Waals surface area contributed by atoms with Gasteiger partial charge in [0, 0.05) is 6.42 Å². The molecule has 1 fully saturated rings. The van der Waals surface area contributed by atoms with Crippen molar-refractivity contribution in [3.63, 3.8) is 0 Å². The van der Waals surface area contributed by atoms with Crippen LogP contribution in [0.4, 0.5) is 4.79 Å². The van der Waals surface area contributed by atoms with Crippen molar-refractivity contribution in [2.24, 2.45) is 0 Å². The number of hydrogen-bond donors (Lipinski definition) is 0. The van der Waals surface area contributed by atoms with Gasteiger partial charge in [0.05, 0.1) is 13.2 Å². The van der Waals surface area contributed by atoms with Crippen LogP contribution in [0.25, 0.3) is 0 Å². The Morgan fingerprint density at radius 1 is 1.73 bits per heavy atom. The number of alkyl halides is 1. The van der Waals surface area contributed by atoms with E-state index in [1.54, 1.807) is 0 Å². The molecule has 1 saturated heterocycles. The van der Waals surface area contributed by atoms with Crippen molar-refractivity contribution in [1.29, 1.82) is 0 Å². The minimum Gasteiger partial charge on any atom is -0.428 e. The monoisotopic (exact) mass is 180 g/mol. The minimum absolute atomic E-state index is 0.161. The zero-order chi connectivity index (χ0) is 8.10. The molecule has 0 aromatic heterocycles. The van der Waals surface area contributed by atoms with E-state index < -0.39 is 6.16 Å². The number of rotatable bonds is 2. The van der Waals surface area contributed by atoms with Gasteiger partial charge < -0.3 is 14.2 Å². The third-order valence-corrected chi connectivity index (χ3v) is 1.43. The molecule has 0 aliphatic carbocycles. The van der Waals surface area contributed by atoms with Crippen LogP contribution in [0.1, 0.15) is 6.42 Å². The third kappa shape index (κ3) is 2.95. The zero-order valence-electron chi connectivity index (χ0n) is 5.92. The van der Waals surface area contributed by atoms with E-state index >= 15 is 0 Å². The standard InChI is InChI=1S/C6H9ClO4/c7-4-10-6(8)11-5-1-2-9-3-5/h5H,1-4H2/t5-/m1/s1. The maximum atomic E-state index is 10.6. The van der Waals surface area contributed by atoms with E-state index in [0.29, 0.717) is 13.2 Å². The summed E-state index contributed by atoms with van der Waals surface area (Å²) in [5.41, 5.74) is 0. The summed E-state index contributed by atoms with van der Waals surface area (Å²) in [5, 5.41) is 0. The predicted octanol–water partition coefficient (Wildman–Crippen LogP) is 1.12. The number of carbonyl (C=O) groups is 1. The highest BCUT2D eigenvalue weighted by Gasteiger charge is 2.20. The Morgan fingerprint density at radius 2 is 2.55 bits per heavy atom. The first-order chi connectivity index (χ1) is 5.33. The fourth-order valence-corrected chi connectivity index (χ4v) is 0.910. The van der Waals surface area contributed by atoms with Gasteiger partial charge in [-0.15, -0.1) is 0 Å². The lowest BCUT2D eigenvalue weighted by Crippen LogP contribution is -2.18. The topological polar surface area (TPSA) is 44.8 Å². The molecule has 64 valence electrons. The predicted molar refractivity (Wildman–Crippen MR) is 37.5 cm³/mol. The van der Waals surface area contributed by atoms with Gasteiger partial charge in [-0.25, -0.2) is 4.79 Å². The van der Waals surface area contributed by atoms with Gasteiger partial charge in [-0.1, -0.05) is 11.6 Å². The lowest BCUT2D eigenvalue weighted by Gasteiger charge is -2.07. The Morgan fingerprint density at radius 3 is 3.09 bits per heavy atom. The number of ether oxygens (including phenoxy) is 3. The lowest BCUT2D eigenvalue weighted by molar-refractivity contribution is 0.0283. The fourth-order valence-electron chi connectivity index (χ4n) is 0.820. The van der Waals surface area contributed by atoms with E-state index in [4.69, 9.17) is 21.1 Å². The molecular formula is C6H9ClO4. The molecule has 0 spiro atoms. The van der Waals surface area contributed by atoms with Crippen molar-refractivity contribution in [1.82, 2.24) is 0 Å². The molecule has 0 radical (unpaired) electrons. The van der Waals surface area contributed by atoms with Gasteiger partial charge in [-0.05, 0) is 0 Å². The van der Waals surface area contributed by atoms with Crippen LogP contribution in [0.3, 0.4) is 0 Å². The normalized spacial score (nSPS) is 23.2. The van der Waals surface area contributed by atoms with Crippen molar-refractivity contribution in [3.05, 3.63) is 0 Å². The highest BCUT2D eigenvalue weighted by molar-refractivity contribution is 6.17. The van der Waals surface area contributed by atoms with Gasteiger partial charge in [0.15, 0.2) is 6.07 Å². The Hall–Kier alpha value is -0.480. The van der Waals surface area contributed by atoms with Crippen LogP contribution in [0.2, 0.25) is 0 Å². The van der Waals surface area contributed by atoms with Crippen molar-refractivity contribution in [3.8, 4) is 0 Å². The third-order valence-electron chi connectivity index (χ3n) is 1.32. The maximum absolute atomic E-state index is 10.6. The highest BCUT2D eigenvalue weighted by atomic mass is 35.5. The molecule has 0 N–H and O–H groups in total. The second kappa shape index (κ2) is 4.41. The van der Waals surface area contributed by atoms with Crippen LogP contribution >= 0.6 is 11.6 Å². The Bertz CT molecular complexity index is 133. The summed E-state index contributed by atoms with van der Waals surface area (Å²) in [7, 11) is 0. The van der Waals surface area contributed by atoms with Crippen LogP contribution in [0, 0.1) is 0 Å². The maximum Gasteiger partial charge on any atom is 0.509 e. The van der Waals surface area contributed by atoms with Crippen LogP contribution in [-0.2, 0) is 14.2 Å². The molecular weight excluding hydrogens is 172 g/mol. The summed E-state index contributed by atoms with van der Waals surface area (Å²) in [6.45, 7) is 1.09. The van der Waals surface area contributed by atoms with Gasteiger partial charge in [-0.3, -0.25) is 0 Å². The smallest absolute Gasteiger partial charge is 0.428 e. The van der Waals surface area contributed by atoms with Gasteiger partial charge in [0.1, 0.15) is 6.10 Å². The van der Waals surface area contributed by atoms with Gasteiger partial charge >= 0.3 is 6.16 Å². The van der Waals surface area contributed by atoms with Crippen molar-refractivity contribution in [2.75, 3.05) is 19.3 Å². The molecule has 0 saturated carbocycles. The van der Waals surface area contributed by atoms with Gasteiger partial charge in [0.2, 0.25) is 0 Å². The molecule has 4 nitrogen and oxygen atoms in total. The molecule has 1 atom stereocenters. The van der Waals surface area contributed by atoms with Crippen molar-refractivity contribution >= 4 is 17.8 Å². The first kappa shape index (κ1) is 8.62. The Labute approximate surface area is 69.4 Å². The fraction of sp³-hybridized carbons (Fsp3) is 0.833. The molecule has 5 heteroatoms. The van der Waals surface area contributed by atoms with Gasteiger partial charge in [0.25, 0.3) is 0 Å². The molecule has 0 unspecified atom stereocenters. The second-order valence-electron chi connectivity index (χ2n) is 2.11. The molecule has 11 heavy (non-hydrogen) atoms. The SMILES string of the molecule is O=C(OCCl)O[C@@H]1CCOC1. The van der Waals surface area contributed by atoms with Crippen molar-refractivity contribution in [2.45, 2.75) is 12.5 Å². The average molecular weight is 181 g/mol. The first-order valence-corrected chi connectivity index (χ1v) is 3.83. The summed E-state index contributed by atoms with van der Waals surface area (Å²) >= 11 is 5.13. The minimum atomic E-state index is -0.726. The molecule has 0 amide bonds. The van der Waals surface area contributed by atoms with E-state index in [-0.39, 0.29) is 12.2 Å². The van der Waals surface area contributed by atoms with E-state index in [2.05, 4.69) is 4.74 Å². The zero-order valence-corrected chi connectivity index (χ0v) is 6.67. The number of hydrogen-bond acceptors (Lipinski definition) is 4. The van der Waals surface area contributed by atoms with E-state index in [0.717, 1.165) is 6.42 Å². The molecule has 0 bridgehead atoms. The molecule has 1 aliphatic rings. The summed E-state index contributed by atoms with van der Waals surface area (Å²) in [6.07, 6.45) is -0.154. The first-order valence-electron chi connectivity index (χ1n) is 3.30. The number of carbonyl (C=O) groups excluding carboxylic acids is 1. The second-order valence-corrected chi connectivity index (χ2v) is 2.33. The largest absolute Gasteiger partial charge is 0.509 e. The highest BCUT2D eigenvalue weighted by Crippen LogP contribution is 2.08. The summed E-state index contributed by atoms with van der Waals surface area (Å²) in [6, 6.07) is -0.174. The summed E-state index contributed by atoms with van der Waals surface area (Å²) < 4.78 is 14.1. The van der Waals surface area contributed by atoms with E-state index in [1.165, 1.54) is 0 Å².